The number of nitrogens with one attached hydrogen (secondary N) is 3. The molecule has 0 aliphatic carbocycles. The smallest absolute Gasteiger partial charge is 0.227 e. The van der Waals surface area contributed by atoms with Gasteiger partial charge in [-0.25, -0.2) is 14.4 Å². The molecule has 1 amide bonds. The van der Waals surface area contributed by atoms with Crippen molar-refractivity contribution in [2.24, 2.45) is 4.99 Å². The van der Waals surface area contributed by atoms with Crippen LogP contribution in [0.1, 0.15) is 18.4 Å². The number of pyridine rings is 2. The first-order valence-electron chi connectivity index (χ1n) is 9.60. The molecule has 30 heavy (non-hydrogen) atoms. The number of aliphatic imine (C=N–C) groups is 1. The van der Waals surface area contributed by atoms with Gasteiger partial charge in [0.2, 0.25) is 5.91 Å². The van der Waals surface area contributed by atoms with Crippen molar-refractivity contribution in [2.45, 2.75) is 25.8 Å². The van der Waals surface area contributed by atoms with Crippen molar-refractivity contribution in [3.05, 3.63) is 48.0 Å². The van der Waals surface area contributed by atoms with E-state index in [4.69, 9.17) is 0 Å². The van der Waals surface area contributed by atoms with E-state index < -0.39 is 0 Å². The summed E-state index contributed by atoms with van der Waals surface area (Å²) in [6.07, 6.45) is 4.43. The summed E-state index contributed by atoms with van der Waals surface area (Å²) >= 11 is 0. The fourth-order valence-electron chi connectivity index (χ4n) is 3.11. The highest BCUT2D eigenvalue weighted by atomic mass is 127. The zero-order chi connectivity index (χ0) is 20.6. The Hall–Kier alpha value is -2.50. The van der Waals surface area contributed by atoms with Crippen LogP contribution >= 0.6 is 24.0 Å². The summed E-state index contributed by atoms with van der Waals surface area (Å²) in [6.45, 7) is 3.73. The maximum Gasteiger partial charge on any atom is 0.227 e. The number of carbonyl (C=O) groups is 1. The van der Waals surface area contributed by atoms with E-state index in [1.54, 1.807) is 31.6 Å². The molecular formula is C20H27FIN7O. The minimum absolute atomic E-state index is 0. The van der Waals surface area contributed by atoms with Crippen LogP contribution in [0, 0.1) is 12.7 Å². The van der Waals surface area contributed by atoms with E-state index in [2.05, 4.69) is 30.9 Å². The summed E-state index contributed by atoms with van der Waals surface area (Å²) in [7, 11) is 1.68. The van der Waals surface area contributed by atoms with Gasteiger partial charge >= 0.3 is 0 Å². The van der Waals surface area contributed by atoms with Crippen molar-refractivity contribution >= 4 is 47.5 Å². The predicted molar refractivity (Wildman–Crippen MR) is 127 cm³/mol. The highest BCUT2D eigenvalue weighted by molar-refractivity contribution is 14.0. The van der Waals surface area contributed by atoms with Gasteiger partial charge in [-0.05, 0) is 37.1 Å². The minimum Gasteiger partial charge on any atom is -0.356 e. The third kappa shape index (κ3) is 6.78. The molecule has 1 saturated heterocycles. The van der Waals surface area contributed by atoms with Crippen LogP contribution in [0.3, 0.4) is 0 Å². The molecule has 1 atom stereocenters. The quantitative estimate of drug-likeness (QED) is 0.304. The number of anilines is 2. The van der Waals surface area contributed by atoms with Gasteiger partial charge in [-0.3, -0.25) is 9.79 Å². The highest BCUT2D eigenvalue weighted by Crippen LogP contribution is 2.20. The molecule has 8 nitrogen and oxygen atoms in total. The summed E-state index contributed by atoms with van der Waals surface area (Å²) in [5.41, 5.74) is 1.04. The number of carbonyl (C=O) groups excluding carboxylic acids is 1. The molecule has 2 aromatic rings. The van der Waals surface area contributed by atoms with Gasteiger partial charge in [0.25, 0.3) is 0 Å². The van der Waals surface area contributed by atoms with E-state index in [0.29, 0.717) is 37.2 Å². The molecule has 1 unspecified atom stereocenters. The SMILES string of the molecule is CN=C(NCCC(=O)Nc1ccc(C)cn1)NC1CCN(c2ncccc2F)C1.I. The number of aryl methyl sites for hydroxylation is 1. The largest absolute Gasteiger partial charge is 0.356 e. The normalized spacial score (nSPS) is 16.0. The van der Waals surface area contributed by atoms with Crippen molar-refractivity contribution in [3.63, 3.8) is 0 Å². The van der Waals surface area contributed by atoms with Crippen LogP contribution in [0.2, 0.25) is 0 Å². The monoisotopic (exact) mass is 527 g/mol. The third-order valence-corrected chi connectivity index (χ3v) is 4.61. The van der Waals surface area contributed by atoms with Crippen molar-refractivity contribution in [1.82, 2.24) is 20.6 Å². The summed E-state index contributed by atoms with van der Waals surface area (Å²) in [5, 5.41) is 9.22. The molecule has 0 spiro atoms. The lowest BCUT2D eigenvalue weighted by Crippen LogP contribution is -2.45. The van der Waals surface area contributed by atoms with Crippen molar-refractivity contribution < 1.29 is 9.18 Å². The van der Waals surface area contributed by atoms with Crippen molar-refractivity contribution in [1.29, 1.82) is 0 Å². The number of amides is 1. The zero-order valence-corrected chi connectivity index (χ0v) is 19.4. The Morgan fingerprint density at radius 2 is 2.17 bits per heavy atom. The second-order valence-corrected chi connectivity index (χ2v) is 6.90. The van der Waals surface area contributed by atoms with Crippen LogP contribution in [0.25, 0.3) is 0 Å². The molecule has 3 N–H and O–H groups in total. The van der Waals surface area contributed by atoms with Gasteiger partial charge in [0.15, 0.2) is 17.6 Å². The minimum atomic E-state index is -0.315. The van der Waals surface area contributed by atoms with Gasteiger partial charge in [0, 0.05) is 51.5 Å². The number of guanidine groups is 1. The van der Waals surface area contributed by atoms with E-state index in [0.717, 1.165) is 12.0 Å². The molecule has 3 heterocycles. The van der Waals surface area contributed by atoms with Gasteiger partial charge in [-0.2, -0.15) is 0 Å². The standard InChI is InChI=1S/C20H26FN7O.HI/c1-14-5-6-17(25-12-14)27-18(29)7-10-24-20(22-2)26-15-8-11-28(13-15)19-16(21)4-3-9-23-19;/h3-6,9,12,15H,7-8,10-11,13H2,1-2H3,(H2,22,24,26)(H,25,27,29);1H. The number of rotatable bonds is 6. The van der Waals surface area contributed by atoms with E-state index in [1.165, 1.54) is 6.07 Å². The van der Waals surface area contributed by atoms with Crippen LogP contribution in [0.5, 0.6) is 0 Å². The zero-order valence-electron chi connectivity index (χ0n) is 17.1. The van der Waals surface area contributed by atoms with Crippen LogP contribution in [0.4, 0.5) is 16.0 Å². The highest BCUT2D eigenvalue weighted by Gasteiger charge is 2.25. The Labute approximate surface area is 192 Å². The summed E-state index contributed by atoms with van der Waals surface area (Å²) in [5.74, 6) is 1.09. The number of halogens is 2. The Morgan fingerprint density at radius 1 is 1.33 bits per heavy atom. The van der Waals surface area contributed by atoms with E-state index in [-0.39, 0.29) is 48.2 Å². The van der Waals surface area contributed by atoms with E-state index in [1.807, 2.05) is 17.9 Å². The van der Waals surface area contributed by atoms with Crippen molar-refractivity contribution in [2.75, 3.05) is 36.9 Å². The molecule has 1 aliphatic rings. The van der Waals surface area contributed by atoms with Gasteiger partial charge in [0.1, 0.15) is 5.82 Å². The van der Waals surface area contributed by atoms with E-state index >= 15 is 0 Å². The Kier molecular flexibility index (Phi) is 9.21. The molecule has 0 aromatic carbocycles. The Bertz CT molecular complexity index is 862. The molecule has 2 aromatic heterocycles. The number of nitrogens with zero attached hydrogens (tertiary/aromatic N) is 4. The second-order valence-electron chi connectivity index (χ2n) is 6.90. The average molecular weight is 527 g/mol. The van der Waals surface area contributed by atoms with Gasteiger partial charge in [-0.1, -0.05) is 6.07 Å². The maximum absolute atomic E-state index is 13.9. The lowest BCUT2D eigenvalue weighted by atomic mass is 10.3. The van der Waals surface area contributed by atoms with Gasteiger partial charge in [-0.15, -0.1) is 24.0 Å². The number of hydrogen-bond donors (Lipinski definition) is 3. The Morgan fingerprint density at radius 3 is 2.87 bits per heavy atom. The van der Waals surface area contributed by atoms with E-state index in [9.17, 15) is 9.18 Å². The Balaban J connectivity index is 0.00000320. The summed E-state index contributed by atoms with van der Waals surface area (Å²) < 4.78 is 13.9. The van der Waals surface area contributed by atoms with Crippen LogP contribution < -0.4 is 20.9 Å². The van der Waals surface area contributed by atoms with Crippen LogP contribution in [-0.2, 0) is 4.79 Å². The van der Waals surface area contributed by atoms with Crippen LogP contribution in [-0.4, -0.2) is 54.6 Å². The first-order chi connectivity index (χ1) is 14.0. The van der Waals surface area contributed by atoms with Crippen LogP contribution in [0.15, 0.2) is 41.7 Å². The topological polar surface area (TPSA) is 94.5 Å². The average Bonchev–Trinajstić information content (AvgIpc) is 3.17. The molecule has 162 valence electrons. The third-order valence-electron chi connectivity index (χ3n) is 4.61. The molecule has 3 rings (SSSR count). The second kappa shape index (κ2) is 11.6. The maximum atomic E-state index is 13.9. The summed E-state index contributed by atoms with van der Waals surface area (Å²) in [6, 6.07) is 6.79. The first kappa shape index (κ1) is 23.8. The molecular weight excluding hydrogens is 500 g/mol. The molecule has 0 bridgehead atoms. The molecule has 0 radical (unpaired) electrons. The lowest BCUT2D eigenvalue weighted by molar-refractivity contribution is -0.116. The predicted octanol–water partition coefficient (Wildman–Crippen LogP) is 2.31. The number of hydrogen-bond acceptors (Lipinski definition) is 5. The first-order valence-corrected chi connectivity index (χ1v) is 9.60. The molecule has 10 heteroatoms. The lowest BCUT2D eigenvalue weighted by Gasteiger charge is -2.19. The van der Waals surface area contributed by atoms with Gasteiger partial charge in [0.05, 0.1) is 0 Å². The number of aromatic nitrogens is 2. The summed E-state index contributed by atoms with van der Waals surface area (Å²) in [4.78, 5) is 26.5. The molecule has 1 fully saturated rings. The molecule has 0 saturated carbocycles. The van der Waals surface area contributed by atoms with Gasteiger partial charge < -0.3 is 20.9 Å². The van der Waals surface area contributed by atoms with Crippen molar-refractivity contribution in [3.8, 4) is 0 Å². The fourth-order valence-corrected chi connectivity index (χ4v) is 3.11. The molecule has 1 aliphatic heterocycles. The fraction of sp³-hybridized carbons (Fsp3) is 0.400.